The Bertz CT molecular complexity index is 305. The molecule has 0 radical (unpaired) electrons. The average molecular weight is 284 g/mol. The normalized spacial score (nSPS) is 25.0. The number of nitrogens with one attached hydrogen (secondary N) is 1. The lowest BCUT2D eigenvalue weighted by Crippen LogP contribution is -2.49. The summed E-state index contributed by atoms with van der Waals surface area (Å²) in [6.07, 6.45) is 2.00. The van der Waals surface area contributed by atoms with Gasteiger partial charge in [0.25, 0.3) is 0 Å². The predicted octanol–water partition coefficient (Wildman–Crippen LogP) is 2.63. The van der Waals surface area contributed by atoms with Gasteiger partial charge in [-0.2, -0.15) is 0 Å². The number of hydrogen-bond donors (Lipinski definition) is 1. The molecule has 0 aromatic rings. The molecule has 1 aliphatic rings. The van der Waals surface area contributed by atoms with E-state index in [1.165, 1.54) is 0 Å². The van der Waals surface area contributed by atoms with Crippen LogP contribution in [0.4, 0.5) is 0 Å². The maximum atomic E-state index is 12.6. The number of hydrogen-bond acceptors (Lipinski definition) is 3. The standard InChI is InChI=1S/C16H32N2O2/c1-7-13-16(19)18(15(17-13)9-11(3)4)14(12(5)6)10-20-8-2/h11-15,17H,7-10H2,1-6H3. The molecular formula is C16H32N2O2. The maximum Gasteiger partial charge on any atom is 0.241 e. The molecule has 1 rings (SSSR count). The molecule has 1 fully saturated rings. The fourth-order valence-corrected chi connectivity index (χ4v) is 2.87. The summed E-state index contributed by atoms with van der Waals surface area (Å²) in [5, 5.41) is 3.50. The highest BCUT2D eigenvalue weighted by atomic mass is 16.5. The Hall–Kier alpha value is -0.610. The molecule has 0 spiro atoms. The molecule has 0 aromatic carbocycles. The number of amides is 1. The first-order chi connectivity index (χ1) is 9.42. The third kappa shape index (κ3) is 4.19. The van der Waals surface area contributed by atoms with Gasteiger partial charge in [0.1, 0.15) is 0 Å². The minimum Gasteiger partial charge on any atom is -0.380 e. The lowest BCUT2D eigenvalue weighted by Gasteiger charge is -2.35. The molecule has 1 saturated heterocycles. The highest BCUT2D eigenvalue weighted by Crippen LogP contribution is 2.25. The summed E-state index contributed by atoms with van der Waals surface area (Å²) >= 11 is 0. The highest BCUT2D eigenvalue weighted by molar-refractivity contribution is 5.84. The molecule has 3 atom stereocenters. The Morgan fingerprint density at radius 2 is 1.90 bits per heavy atom. The van der Waals surface area contributed by atoms with Gasteiger partial charge in [0, 0.05) is 6.61 Å². The van der Waals surface area contributed by atoms with Crippen LogP contribution in [0.3, 0.4) is 0 Å². The van der Waals surface area contributed by atoms with Crippen molar-refractivity contribution in [2.75, 3.05) is 13.2 Å². The van der Waals surface area contributed by atoms with Crippen LogP contribution in [0.25, 0.3) is 0 Å². The first kappa shape index (κ1) is 17.4. The van der Waals surface area contributed by atoms with Gasteiger partial charge in [-0.15, -0.1) is 0 Å². The van der Waals surface area contributed by atoms with Crippen LogP contribution in [0.2, 0.25) is 0 Å². The largest absolute Gasteiger partial charge is 0.380 e. The molecule has 0 aromatic heterocycles. The highest BCUT2D eigenvalue weighted by Gasteiger charge is 2.42. The first-order valence-electron chi connectivity index (χ1n) is 8.08. The van der Waals surface area contributed by atoms with E-state index in [2.05, 4.69) is 44.8 Å². The number of nitrogens with zero attached hydrogens (tertiary/aromatic N) is 1. The molecule has 0 aliphatic carbocycles. The van der Waals surface area contributed by atoms with Crippen molar-refractivity contribution >= 4 is 5.91 Å². The molecule has 1 amide bonds. The second-order valence-electron chi connectivity index (χ2n) is 6.49. The van der Waals surface area contributed by atoms with Gasteiger partial charge in [-0.25, -0.2) is 0 Å². The van der Waals surface area contributed by atoms with Crippen molar-refractivity contribution in [2.24, 2.45) is 11.8 Å². The van der Waals surface area contributed by atoms with Gasteiger partial charge in [0.15, 0.2) is 0 Å². The average Bonchev–Trinajstić information content (AvgIpc) is 2.66. The van der Waals surface area contributed by atoms with E-state index in [1.54, 1.807) is 0 Å². The number of carbonyl (C=O) groups excluding carboxylic acids is 1. The van der Waals surface area contributed by atoms with E-state index in [-0.39, 0.29) is 24.2 Å². The molecule has 1 heterocycles. The summed E-state index contributed by atoms with van der Waals surface area (Å²) in [6.45, 7) is 14.1. The fourth-order valence-electron chi connectivity index (χ4n) is 2.87. The van der Waals surface area contributed by atoms with E-state index in [4.69, 9.17) is 4.74 Å². The third-order valence-corrected chi connectivity index (χ3v) is 4.00. The van der Waals surface area contributed by atoms with Gasteiger partial charge >= 0.3 is 0 Å². The van der Waals surface area contributed by atoms with Crippen LogP contribution in [0.5, 0.6) is 0 Å². The molecule has 20 heavy (non-hydrogen) atoms. The van der Waals surface area contributed by atoms with E-state index in [9.17, 15) is 4.79 Å². The topological polar surface area (TPSA) is 41.6 Å². The Morgan fingerprint density at radius 3 is 2.35 bits per heavy atom. The Kier molecular flexibility index (Phi) is 6.96. The van der Waals surface area contributed by atoms with Gasteiger partial charge in [0.05, 0.1) is 24.9 Å². The van der Waals surface area contributed by atoms with Crippen molar-refractivity contribution < 1.29 is 9.53 Å². The van der Waals surface area contributed by atoms with Gasteiger partial charge in [-0.05, 0) is 31.6 Å². The fraction of sp³-hybridized carbons (Fsp3) is 0.938. The van der Waals surface area contributed by atoms with E-state index >= 15 is 0 Å². The van der Waals surface area contributed by atoms with Crippen molar-refractivity contribution in [3.8, 4) is 0 Å². The second kappa shape index (κ2) is 7.99. The summed E-state index contributed by atoms with van der Waals surface area (Å²) in [6, 6.07) is 0.136. The zero-order valence-corrected chi connectivity index (χ0v) is 14.0. The van der Waals surface area contributed by atoms with E-state index in [0.717, 1.165) is 12.8 Å². The summed E-state index contributed by atoms with van der Waals surface area (Å²) in [7, 11) is 0. The predicted molar refractivity (Wildman–Crippen MR) is 82.4 cm³/mol. The first-order valence-corrected chi connectivity index (χ1v) is 8.08. The van der Waals surface area contributed by atoms with Gasteiger partial charge < -0.3 is 9.64 Å². The van der Waals surface area contributed by atoms with Crippen LogP contribution in [0.1, 0.15) is 54.4 Å². The van der Waals surface area contributed by atoms with Crippen LogP contribution in [-0.4, -0.2) is 42.3 Å². The third-order valence-electron chi connectivity index (χ3n) is 4.00. The maximum absolute atomic E-state index is 12.6. The quantitative estimate of drug-likeness (QED) is 0.745. The van der Waals surface area contributed by atoms with Gasteiger partial charge in [0.2, 0.25) is 5.91 Å². The summed E-state index contributed by atoms with van der Waals surface area (Å²) in [4.78, 5) is 14.7. The molecular weight excluding hydrogens is 252 g/mol. The minimum atomic E-state index is -0.0263. The molecule has 1 aliphatic heterocycles. The second-order valence-corrected chi connectivity index (χ2v) is 6.49. The molecule has 118 valence electrons. The SMILES string of the molecule is CCOCC(C(C)C)N1C(=O)C(CC)NC1CC(C)C. The minimum absolute atomic E-state index is 0.0263. The Balaban J connectivity index is 2.89. The molecule has 4 nitrogen and oxygen atoms in total. The summed E-state index contributed by atoms with van der Waals surface area (Å²) in [5.41, 5.74) is 0. The van der Waals surface area contributed by atoms with E-state index in [0.29, 0.717) is 25.0 Å². The number of ether oxygens (including phenoxy) is 1. The van der Waals surface area contributed by atoms with Crippen molar-refractivity contribution in [3.63, 3.8) is 0 Å². The molecule has 0 bridgehead atoms. The van der Waals surface area contributed by atoms with Crippen molar-refractivity contribution in [3.05, 3.63) is 0 Å². The summed E-state index contributed by atoms with van der Waals surface area (Å²) < 4.78 is 5.62. The Labute approximate surface area is 124 Å². The lowest BCUT2D eigenvalue weighted by atomic mass is 10.0. The number of rotatable bonds is 8. The van der Waals surface area contributed by atoms with Gasteiger partial charge in [-0.1, -0.05) is 34.6 Å². The van der Waals surface area contributed by atoms with Crippen molar-refractivity contribution in [2.45, 2.75) is 72.6 Å². The van der Waals surface area contributed by atoms with E-state index in [1.807, 2.05) is 6.92 Å². The van der Waals surface area contributed by atoms with Crippen LogP contribution in [0, 0.1) is 11.8 Å². The molecule has 3 unspecified atom stereocenters. The molecule has 4 heteroatoms. The molecule has 1 N–H and O–H groups in total. The van der Waals surface area contributed by atoms with E-state index < -0.39 is 0 Å². The van der Waals surface area contributed by atoms with Gasteiger partial charge in [-0.3, -0.25) is 10.1 Å². The van der Waals surface area contributed by atoms with Crippen molar-refractivity contribution in [1.82, 2.24) is 10.2 Å². The number of carbonyl (C=O) groups is 1. The zero-order valence-electron chi connectivity index (χ0n) is 14.0. The zero-order chi connectivity index (χ0) is 15.3. The van der Waals surface area contributed by atoms with Crippen LogP contribution in [-0.2, 0) is 9.53 Å². The van der Waals surface area contributed by atoms with Crippen LogP contribution in [0.15, 0.2) is 0 Å². The Morgan fingerprint density at radius 1 is 1.25 bits per heavy atom. The molecule has 0 saturated carbocycles. The monoisotopic (exact) mass is 284 g/mol. The van der Waals surface area contributed by atoms with Crippen LogP contribution < -0.4 is 5.32 Å². The smallest absolute Gasteiger partial charge is 0.241 e. The van der Waals surface area contributed by atoms with Crippen LogP contribution >= 0.6 is 0 Å². The lowest BCUT2D eigenvalue weighted by molar-refractivity contribution is -0.135. The van der Waals surface area contributed by atoms with Crippen molar-refractivity contribution in [1.29, 1.82) is 0 Å². The summed E-state index contributed by atoms with van der Waals surface area (Å²) in [5.74, 6) is 1.22.